The van der Waals surface area contributed by atoms with Gasteiger partial charge in [0.15, 0.2) is 5.78 Å². The van der Waals surface area contributed by atoms with E-state index in [0.29, 0.717) is 23.5 Å². The maximum absolute atomic E-state index is 11.3. The Bertz CT molecular complexity index is 535. The Balaban J connectivity index is 2.92. The van der Waals surface area contributed by atoms with Crippen molar-refractivity contribution in [2.75, 3.05) is 13.7 Å². The minimum Gasteiger partial charge on any atom is -0.495 e. The van der Waals surface area contributed by atoms with E-state index >= 15 is 0 Å². The van der Waals surface area contributed by atoms with Crippen molar-refractivity contribution in [3.05, 3.63) is 29.3 Å². The van der Waals surface area contributed by atoms with Crippen LogP contribution in [0.25, 0.3) is 0 Å². The van der Waals surface area contributed by atoms with Crippen molar-refractivity contribution in [1.29, 1.82) is 0 Å². The van der Waals surface area contributed by atoms with Crippen LogP contribution in [0.2, 0.25) is 0 Å². The van der Waals surface area contributed by atoms with Gasteiger partial charge in [-0.1, -0.05) is 11.8 Å². The summed E-state index contributed by atoms with van der Waals surface area (Å²) in [4.78, 5) is 22.5. The highest BCUT2D eigenvalue weighted by atomic mass is 16.5. The summed E-state index contributed by atoms with van der Waals surface area (Å²) in [6, 6.07) is 5.02. The first-order valence-electron chi connectivity index (χ1n) is 5.92. The molecule has 0 heterocycles. The maximum atomic E-state index is 11.3. The summed E-state index contributed by atoms with van der Waals surface area (Å²) >= 11 is 0. The third kappa shape index (κ3) is 4.47. The third-order valence-corrected chi connectivity index (χ3v) is 2.37. The van der Waals surface area contributed by atoms with E-state index in [1.807, 2.05) is 0 Å². The molecule has 0 aromatic heterocycles. The number of methoxy groups -OCH3 is 1. The van der Waals surface area contributed by atoms with E-state index in [-0.39, 0.29) is 18.2 Å². The summed E-state index contributed by atoms with van der Waals surface area (Å²) in [6.45, 7) is 3.56. The molecule has 19 heavy (non-hydrogen) atoms. The number of rotatable bonds is 4. The molecule has 0 radical (unpaired) electrons. The number of ketones is 1. The number of hydrogen-bond donors (Lipinski definition) is 0. The van der Waals surface area contributed by atoms with Gasteiger partial charge in [0.25, 0.3) is 0 Å². The highest BCUT2D eigenvalue weighted by molar-refractivity contribution is 5.94. The van der Waals surface area contributed by atoms with Crippen LogP contribution < -0.4 is 4.74 Å². The number of esters is 1. The lowest BCUT2D eigenvalue weighted by molar-refractivity contribution is -0.141. The van der Waals surface area contributed by atoms with Crippen LogP contribution in [0.4, 0.5) is 0 Å². The standard InChI is InChI=1S/C15H16O4/c1-4-19-15(17)7-5-6-13-10-12(11(2)16)8-9-14(13)18-3/h8-10H,4,7H2,1-3H3. The quantitative estimate of drug-likeness (QED) is 0.473. The summed E-state index contributed by atoms with van der Waals surface area (Å²) in [5, 5.41) is 0. The molecule has 4 heteroatoms. The molecule has 1 aromatic carbocycles. The Morgan fingerprint density at radius 1 is 1.32 bits per heavy atom. The van der Waals surface area contributed by atoms with E-state index < -0.39 is 0 Å². The Morgan fingerprint density at radius 3 is 2.63 bits per heavy atom. The van der Waals surface area contributed by atoms with Crippen LogP contribution in [0, 0.1) is 11.8 Å². The first-order chi connectivity index (χ1) is 9.08. The van der Waals surface area contributed by atoms with Gasteiger partial charge in [-0.3, -0.25) is 9.59 Å². The molecule has 0 aliphatic heterocycles. The summed E-state index contributed by atoms with van der Waals surface area (Å²) in [7, 11) is 1.53. The van der Waals surface area contributed by atoms with Crippen molar-refractivity contribution < 1.29 is 19.1 Å². The molecule has 1 aromatic rings. The first kappa shape index (κ1) is 14.8. The van der Waals surface area contributed by atoms with Crippen molar-refractivity contribution in [1.82, 2.24) is 0 Å². The van der Waals surface area contributed by atoms with E-state index in [4.69, 9.17) is 9.47 Å². The van der Waals surface area contributed by atoms with Crippen LogP contribution in [-0.2, 0) is 9.53 Å². The van der Waals surface area contributed by atoms with E-state index in [9.17, 15) is 9.59 Å². The molecule has 0 aliphatic rings. The lowest BCUT2D eigenvalue weighted by Crippen LogP contribution is -2.01. The summed E-state index contributed by atoms with van der Waals surface area (Å²) in [6.07, 6.45) is 0.0152. The van der Waals surface area contributed by atoms with Gasteiger partial charge in [-0.05, 0) is 32.0 Å². The zero-order chi connectivity index (χ0) is 14.3. The fraction of sp³-hybridized carbons (Fsp3) is 0.333. The fourth-order valence-corrected chi connectivity index (χ4v) is 1.45. The molecule has 0 N–H and O–H groups in total. The Morgan fingerprint density at radius 2 is 2.05 bits per heavy atom. The number of ether oxygens (including phenoxy) is 2. The second-order valence-electron chi connectivity index (χ2n) is 3.75. The van der Waals surface area contributed by atoms with Crippen LogP contribution in [-0.4, -0.2) is 25.5 Å². The van der Waals surface area contributed by atoms with Gasteiger partial charge in [0.2, 0.25) is 0 Å². The van der Waals surface area contributed by atoms with Crippen LogP contribution in [0.15, 0.2) is 18.2 Å². The molecular weight excluding hydrogens is 244 g/mol. The van der Waals surface area contributed by atoms with E-state index in [1.54, 1.807) is 25.1 Å². The van der Waals surface area contributed by atoms with Crippen molar-refractivity contribution in [2.24, 2.45) is 0 Å². The molecule has 0 amide bonds. The van der Waals surface area contributed by atoms with Crippen molar-refractivity contribution in [3.63, 3.8) is 0 Å². The lowest BCUT2D eigenvalue weighted by Gasteiger charge is -2.04. The topological polar surface area (TPSA) is 52.6 Å². The second-order valence-corrected chi connectivity index (χ2v) is 3.75. The number of hydrogen-bond acceptors (Lipinski definition) is 4. The SMILES string of the molecule is CCOC(=O)CC#Cc1cc(C(C)=O)ccc1OC. The minimum atomic E-state index is -0.364. The zero-order valence-electron chi connectivity index (χ0n) is 11.3. The summed E-state index contributed by atoms with van der Waals surface area (Å²) < 4.78 is 9.93. The van der Waals surface area contributed by atoms with E-state index in [0.717, 1.165) is 0 Å². The molecule has 0 bridgehead atoms. The molecule has 0 saturated carbocycles. The number of benzene rings is 1. The zero-order valence-corrected chi connectivity index (χ0v) is 11.3. The van der Waals surface area contributed by atoms with Gasteiger partial charge in [-0.15, -0.1) is 0 Å². The Labute approximate surface area is 112 Å². The van der Waals surface area contributed by atoms with Gasteiger partial charge >= 0.3 is 5.97 Å². The summed E-state index contributed by atoms with van der Waals surface area (Å²) in [5.74, 6) is 5.69. The third-order valence-electron chi connectivity index (χ3n) is 2.37. The maximum Gasteiger partial charge on any atom is 0.317 e. The van der Waals surface area contributed by atoms with Gasteiger partial charge in [0.05, 0.1) is 19.3 Å². The highest BCUT2D eigenvalue weighted by Gasteiger charge is 2.05. The molecule has 100 valence electrons. The molecule has 0 atom stereocenters. The number of Topliss-reactive ketones (excluding diaryl/α,β-unsaturated/α-hetero) is 1. The average molecular weight is 260 g/mol. The number of carbonyl (C=O) groups excluding carboxylic acids is 2. The van der Waals surface area contributed by atoms with Gasteiger partial charge in [0, 0.05) is 5.56 Å². The second kappa shape index (κ2) is 7.22. The molecule has 0 fully saturated rings. The van der Waals surface area contributed by atoms with Crippen molar-refractivity contribution >= 4 is 11.8 Å². The summed E-state index contributed by atoms with van der Waals surface area (Å²) in [5.41, 5.74) is 1.14. The molecular formula is C15H16O4. The van der Waals surface area contributed by atoms with Gasteiger partial charge in [0.1, 0.15) is 12.2 Å². The Kier molecular flexibility index (Phi) is 5.62. The van der Waals surface area contributed by atoms with Gasteiger partial charge in [-0.25, -0.2) is 0 Å². The smallest absolute Gasteiger partial charge is 0.317 e. The molecule has 0 spiro atoms. The largest absolute Gasteiger partial charge is 0.495 e. The fourth-order valence-electron chi connectivity index (χ4n) is 1.45. The monoisotopic (exact) mass is 260 g/mol. The highest BCUT2D eigenvalue weighted by Crippen LogP contribution is 2.19. The van der Waals surface area contributed by atoms with Gasteiger partial charge < -0.3 is 9.47 Å². The number of carbonyl (C=O) groups is 2. The van der Waals surface area contributed by atoms with Gasteiger partial charge in [-0.2, -0.15) is 0 Å². The normalized spacial score (nSPS) is 9.21. The molecule has 1 rings (SSSR count). The first-order valence-corrected chi connectivity index (χ1v) is 5.92. The van der Waals surface area contributed by atoms with Crippen molar-refractivity contribution in [2.45, 2.75) is 20.3 Å². The molecule has 0 unspecified atom stereocenters. The van der Waals surface area contributed by atoms with Crippen LogP contribution in [0.3, 0.4) is 0 Å². The average Bonchev–Trinajstić information content (AvgIpc) is 2.38. The predicted octanol–water partition coefficient (Wildman–Crippen LogP) is 2.20. The van der Waals surface area contributed by atoms with E-state index in [2.05, 4.69) is 11.8 Å². The van der Waals surface area contributed by atoms with E-state index in [1.165, 1.54) is 14.0 Å². The van der Waals surface area contributed by atoms with Crippen LogP contribution in [0.5, 0.6) is 5.75 Å². The molecule has 0 saturated heterocycles. The molecule has 4 nitrogen and oxygen atoms in total. The van der Waals surface area contributed by atoms with Crippen molar-refractivity contribution in [3.8, 4) is 17.6 Å². The Hall–Kier alpha value is -2.28. The predicted molar refractivity (Wildman–Crippen MR) is 71.1 cm³/mol. The van der Waals surface area contributed by atoms with Crippen LogP contribution >= 0.6 is 0 Å². The minimum absolute atomic E-state index is 0.0152. The lowest BCUT2D eigenvalue weighted by atomic mass is 10.1. The molecule has 0 aliphatic carbocycles. The van der Waals surface area contributed by atoms with Crippen LogP contribution in [0.1, 0.15) is 36.2 Å².